The molecule has 0 unspecified atom stereocenters. The van der Waals surface area contributed by atoms with Crippen LogP contribution in [-0.4, -0.2) is 29.2 Å². The summed E-state index contributed by atoms with van der Waals surface area (Å²) in [6.45, 7) is 2.47. The zero-order valence-electron chi connectivity index (χ0n) is 5.72. The van der Waals surface area contributed by atoms with Gasteiger partial charge in [0.2, 0.25) is 0 Å². The fourth-order valence-corrected chi connectivity index (χ4v) is 0.302. The Morgan fingerprint density at radius 1 is 1.44 bits per heavy atom. The van der Waals surface area contributed by atoms with E-state index in [2.05, 4.69) is 0 Å². The van der Waals surface area contributed by atoms with Gasteiger partial charge in [0.25, 0.3) is 0 Å². The summed E-state index contributed by atoms with van der Waals surface area (Å²) in [7, 11) is 0. The van der Waals surface area contributed by atoms with E-state index in [0.29, 0.717) is 0 Å². The van der Waals surface area contributed by atoms with Gasteiger partial charge in [-0.25, -0.2) is 0 Å². The van der Waals surface area contributed by atoms with Crippen LogP contribution in [0.4, 0.5) is 0 Å². The standard InChI is InChI=1S/C6H12O3/c1-6(2,4-8)5(9)3-7/h7-8H,3-4H2,1-2H3. The molecular formula is C6H12O3. The van der Waals surface area contributed by atoms with Crippen LogP contribution in [0.1, 0.15) is 13.8 Å². The minimum absolute atomic E-state index is 0.216. The first-order valence-electron chi connectivity index (χ1n) is 2.79. The molecule has 0 aliphatic rings. The highest BCUT2D eigenvalue weighted by Gasteiger charge is 2.24. The van der Waals surface area contributed by atoms with Gasteiger partial charge in [0.15, 0.2) is 5.78 Å². The molecule has 0 aliphatic carbocycles. The van der Waals surface area contributed by atoms with Gasteiger partial charge in [-0.1, -0.05) is 13.8 Å². The number of hydrogen-bond donors (Lipinski definition) is 2. The summed E-state index contributed by atoms with van der Waals surface area (Å²) in [6, 6.07) is 0. The fourth-order valence-electron chi connectivity index (χ4n) is 0.302. The van der Waals surface area contributed by atoms with Gasteiger partial charge in [-0.2, -0.15) is 0 Å². The number of aliphatic hydroxyl groups is 2. The molecule has 9 heavy (non-hydrogen) atoms. The molecule has 0 amide bonds. The monoisotopic (exact) mass is 132 g/mol. The summed E-state index contributed by atoms with van der Waals surface area (Å²) < 4.78 is 0. The van der Waals surface area contributed by atoms with E-state index in [9.17, 15) is 4.79 Å². The number of carbonyl (C=O) groups is 1. The highest BCUT2D eigenvalue weighted by Crippen LogP contribution is 2.13. The lowest BCUT2D eigenvalue weighted by atomic mass is 9.90. The van der Waals surface area contributed by atoms with Gasteiger partial charge in [0.1, 0.15) is 6.61 Å². The van der Waals surface area contributed by atoms with Crippen molar-refractivity contribution in [2.24, 2.45) is 5.41 Å². The maximum absolute atomic E-state index is 10.7. The smallest absolute Gasteiger partial charge is 0.166 e. The number of carbonyl (C=O) groups excluding carboxylic acids is 1. The van der Waals surface area contributed by atoms with Gasteiger partial charge in [0, 0.05) is 5.41 Å². The van der Waals surface area contributed by atoms with Gasteiger partial charge < -0.3 is 10.2 Å². The maximum Gasteiger partial charge on any atom is 0.166 e. The van der Waals surface area contributed by atoms with Gasteiger partial charge in [-0.05, 0) is 0 Å². The minimum atomic E-state index is -0.783. The average Bonchev–Trinajstić information content (AvgIpc) is 1.86. The average molecular weight is 132 g/mol. The van der Waals surface area contributed by atoms with E-state index >= 15 is 0 Å². The third-order valence-electron chi connectivity index (χ3n) is 1.29. The fraction of sp³-hybridized carbons (Fsp3) is 0.833. The summed E-state index contributed by atoms with van der Waals surface area (Å²) in [5.74, 6) is -0.329. The number of aliphatic hydroxyl groups excluding tert-OH is 2. The lowest BCUT2D eigenvalue weighted by Crippen LogP contribution is -2.30. The Morgan fingerprint density at radius 2 is 1.89 bits per heavy atom. The SMILES string of the molecule is CC(C)(CO)C(=O)CO. The van der Waals surface area contributed by atoms with E-state index < -0.39 is 12.0 Å². The lowest BCUT2D eigenvalue weighted by molar-refractivity contribution is -0.131. The second-order valence-electron chi connectivity index (χ2n) is 2.62. The number of Topliss-reactive ketones (excluding diaryl/α,β-unsaturated/α-hetero) is 1. The van der Waals surface area contributed by atoms with Crippen molar-refractivity contribution in [1.29, 1.82) is 0 Å². The zero-order valence-corrected chi connectivity index (χ0v) is 5.72. The quantitative estimate of drug-likeness (QED) is 0.547. The van der Waals surface area contributed by atoms with E-state index in [1.54, 1.807) is 13.8 Å². The molecule has 2 N–H and O–H groups in total. The lowest BCUT2D eigenvalue weighted by Gasteiger charge is -2.17. The summed E-state index contributed by atoms with van der Waals surface area (Å²) in [5.41, 5.74) is -0.783. The highest BCUT2D eigenvalue weighted by molar-refractivity contribution is 5.85. The van der Waals surface area contributed by atoms with E-state index in [1.165, 1.54) is 0 Å². The van der Waals surface area contributed by atoms with Gasteiger partial charge in [-0.15, -0.1) is 0 Å². The van der Waals surface area contributed by atoms with Crippen molar-refractivity contribution in [3.05, 3.63) is 0 Å². The third kappa shape index (κ3) is 2.11. The predicted octanol–water partition coefficient (Wildman–Crippen LogP) is -0.434. The maximum atomic E-state index is 10.7. The molecule has 0 saturated carbocycles. The molecule has 0 spiro atoms. The van der Waals surface area contributed by atoms with E-state index in [0.717, 1.165) is 0 Å². The number of ketones is 1. The predicted molar refractivity (Wildman–Crippen MR) is 33.0 cm³/mol. The van der Waals surface area contributed by atoms with Crippen LogP contribution in [0, 0.1) is 5.41 Å². The van der Waals surface area contributed by atoms with Crippen LogP contribution in [0.25, 0.3) is 0 Å². The van der Waals surface area contributed by atoms with Crippen molar-refractivity contribution >= 4 is 5.78 Å². The Morgan fingerprint density at radius 3 is 2.00 bits per heavy atom. The number of hydrogen-bond acceptors (Lipinski definition) is 3. The molecule has 0 bridgehead atoms. The molecule has 0 saturated heterocycles. The van der Waals surface area contributed by atoms with Crippen molar-refractivity contribution in [3.63, 3.8) is 0 Å². The molecule has 0 heterocycles. The van der Waals surface area contributed by atoms with Crippen molar-refractivity contribution in [3.8, 4) is 0 Å². The Balaban J connectivity index is 3.97. The van der Waals surface area contributed by atoms with Gasteiger partial charge in [0.05, 0.1) is 6.61 Å². The van der Waals surface area contributed by atoms with Crippen molar-refractivity contribution in [2.75, 3.05) is 13.2 Å². The largest absolute Gasteiger partial charge is 0.395 e. The Hall–Kier alpha value is -0.410. The topological polar surface area (TPSA) is 57.5 Å². The summed E-state index contributed by atoms with van der Waals surface area (Å²) in [6.07, 6.45) is 0. The summed E-state index contributed by atoms with van der Waals surface area (Å²) >= 11 is 0. The molecule has 0 atom stereocenters. The normalized spacial score (nSPS) is 11.6. The van der Waals surface area contributed by atoms with Crippen molar-refractivity contribution in [2.45, 2.75) is 13.8 Å². The van der Waals surface area contributed by atoms with Crippen LogP contribution in [-0.2, 0) is 4.79 Å². The second kappa shape index (κ2) is 2.94. The highest BCUT2D eigenvalue weighted by atomic mass is 16.3. The molecule has 0 aromatic heterocycles. The molecule has 0 radical (unpaired) electrons. The molecule has 0 aromatic rings. The van der Waals surface area contributed by atoms with Crippen LogP contribution in [0.3, 0.4) is 0 Å². The van der Waals surface area contributed by atoms with E-state index in [1.807, 2.05) is 0 Å². The molecular weight excluding hydrogens is 120 g/mol. The Labute approximate surface area is 54.3 Å². The van der Waals surface area contributed by atoms with Crippen LogP contribution in [0.5, 0.6) is 0 Å². The third-order valence-corrected chi connectivity index (χ3v) is 1.29. The van der Waals surface area contributed by atoms with Gasteiger partial charge in [-0.3, -0.25) is 4.79 Å². The molecule has 3 nitrogen and oxygen atoms in total. The second-order valence-corrected chi connectivity index (χ2v) is 2.62. The van der Waals surface area contributed by atoms with Gasteiger partial charge >= 0.3 is 0 Å². The number of rotatable bonds is 3. The van der Waals surface area contributed by atoms with E-state index in [4.69, 9.17) is 10.2 Å². The first kappa shape index (κ1) is 8.59. The summed E-state index contributed by atoms with van der Waals surface area (Å²) in [5, 5.41) is 16.9. The Bertz CT molecular complexity index is 107. The Kier molecular flexibility index (Phi) is 2.81. The molecule has 0 fully saturated rings. The van der Waals surface area contributed by atoms with Crippen LogP contribution >= 0.6 is 0 Å². The van der Waals surface area contributed by atoms with Crippen LogP contribution < -0.4 is 0 Å². The first-order chi connectivity index (χ1) is 4.04. The minimum Gasteiger partial charge on any atom is -0.395 e. The van der Waals surface area contributed by atoms with Crippen LogP contribution in [0.15, 0.2) is 0 Å². The molecule has 0 aromatic carbocycles. The zero-order chi connectivity index (χ0) is 7.49. The van der Waals surface area contributed by atoms with E-state index in [-0.39, 0.29) is 12.4 Å². The van der Waals surface area contributed by atoms with Crippen molar-refractivity contribution < 1.29 is 15.0 Å². The molecule has 0 rings (SSSR count). The first-order valence-corrected chi connectivity index (χ1v) is 2.79. The molecule has 3 heteroatoms. The molecule has 54 valence electrons. The van der Waals surface area contributed by atoms with Crippen LogP contribution in [0.2, 0.25) is 0 Å². The van der Waals surface area contributed by atoms with Crippen molar-refractivity contribution in [1.82, 2.24) is 0 Å². The molecule has 0 aliphatic heterocycles. The summed E-state index contributed by atoms with van der Waals surface area (Å²) in [4.78, 5) is 10.7.